The predicted octanol–water partition coefficient (Wildman–Crippen LogP) is 2.30. The molecule has 1 saturated heterocycles. The monoisotopic (exact) mass is 276 g/mol. The van der Waals surface area contributed by atoms with Crippen LogP contribution < -0.4 is 5.32 Å². The number of phenols is 1. The summed E-state index contributed by atoms with van der Waals surface area (Å²) in [6.45, 7) is 6.69. The van der Waals surface area contributed by atoms with E-state index in [0.29, 0.717) is 11.6 Å². The molecule has 0 aromatic heterocycles. The minimum Gasteiger partial charge on any atom is -0.508 e. The summed E-state index contributed by atoms with van der Waals surface area (Å²) in [6, 6.07) is 5.48. The van der Waals surface area contributed by atoms with Gasteiger partial charge in [-0.2, -0.15) is 0 Å². The van der Waals surface area contributed by atoms with E-state index in [9.17, 15) is 9.90 Å². The maximum Gasteiger partial charge on any atom is 0.254 e. The fourth-order valence-electron chi connectivity index (χ4n) is 2.69. The van der Waals surface area contributed by atoms with Crippen LogP contribution in [-0.2, 0) is 0 Å². The van der Waals surface area contributed by atoms with Crippen molar-refractivity contribution in [3.63, 3.8) is 0 Å². The summed E-state index contributed by atoms with van der Waals surface area (Å²) in [4.78, 5) is 14.4. The first kappa shape index (κ1) is 14.9. The second kappa shape index (κ2) is 6.75. The average Bonchev–Trinajstić information content (AvgIpc) is 2.45. The second-order valence-electron chi connectivity index (χ2n) is 5.52. The van der Waals surface area contributed by atoms with Crippen LogP contribution in [0.3, 0.4) is 0 Å². The minimum absolute atomic E-state index is 0.0800. The third-order valence-corrected chi connectivity index (χ3v) is 3.91. The van der Waals surface area contributed by atoms with Gasteiger partial charge < -0.3 is 15.3 Å². The van der Waals surface area contributed by atoms with Crippen LogP contribution in [0.1, 0.15) is 42.1 Å². The van der Waals surface area contributed by atoms with Crippen LogP contribution in [0.15, 0.2) is 18.2 Å². The van der Waals surface area contributed by atoms with E-state index in [1.54, 1.807) is 18.2 Å². The number of nitrogens with one attached hydrogen (secondary N) is 1. The van der Waals surface area contributed by atoms with Gasteiger partial charge >= 0.3 is 0 Å². The molecule has 0 atom stereocenters. The summed E-state index contributed by atoms with van der Waals surface area (Å²) in [5, 5.41) is 12.9. The molecule has 4 heteroatoms. The van der Waals surface area contributed by atoms with E-state index in [1.807, 2.05) is 11.8 Å². The summed E-state index contributed by atoms with van der Waals surface area (Å²) >= 11 is 0. The lowest BCUT2D eigenvalue weighted by Gasteiger charge is -2.32. The van der Waals surface area contributed by atoms with Gasteiger partial charge in [0.1, 0.15) is 5.75 Å². The molecule has 2 rings (SSSR count). The molecule has 4 nitrogen and oxygen atoms in total. The van der Waals surface area contributed by atoms with Gasteiger partial charge in [0.15, 0.2) is 0 Å². The van der Waals surface area contributed by atoms with Gasteiger partial charge in [-0.3, -0.25) is 4.79 Å². The van der Waals surface area contributed by atoms with Crippen molar-refractivity contribution in [1.29, 1.82) is 0 Å². The smallest absolute Gasteiger partial charge is 0.254 e. The predicted molar refractivity (Wildman–Crippen MR) is 80.1 cm³/mol. The van der Waals surface area contributed by atoms with Crippen LogP contribution in [0.5, 0.6) is 5.75 Å². The Bertz CT molecular complexity index is 466. The van der Waals surface area contributed by atoms with Crippen LogP contribution in [0.4, 0.5) is 0 Å². The highest BCUT2D eigenvalue weighted by Crippen LogP contribution is 2.19. The van der Waals surface area contributed by atoms with Crippen LogP contribution in [-0.4, -0.2) is 41.6 Å². The van der Waals surface area contributed by atoms with E-state index in [2.05, 4.69) is 12.2 Å². The fourth-order valence-corrected chi connectivity index (χ4v) is 2.69. The number of likely N-dealkylation sites (tertiary alicyclic amines) is 1. The van der Waals surface area contributed by atoms with Crippen molar-refractivity contribution >= 4 is 5.91 Å². The number of hydrogen-bond acceptors (Lipinski definition) is 3. The molecule has 1 aliphatic heterocycles. The van der Waals surface area contributed by atoms with E-state index >= 15 is 0 Å². The van der Waals surface area contributed by atoms with Gasteiger partial charge in [-0.25, -0.2) is 0 Å². The van der Waals surface area contributed by atoms with E-state index in [1.165, 1.54) is 0 Å². The number of aryl methyl sites for hydroxylation is 1. The Hall–Kier alpha value is -1.55. The maximum atomic E-state index is 12.5. The van der Waals surface area contributed by atoms with Crippen LogP contribution >= 0.6 is 0 Å². The molecule has 0 bridgehead atoms. The van der Waals surface area contributed by atoms with Gasteiger partial charge in [0.25, 0.3) is 5.91 Å². The normalized spacial score (nSPS) is 16.4. The summed E-state index contributed by atoms with van der Waals surface area (Å²) in [5.74, 6) is 0.290. The lowest BCUT2D eigenvalue weighted by atomic mass is 10.0. The molecule has 0 aliphatic carbocycles. The molecule has 0 spiro atoms. The number of aromatic hydroxyl groups is 1. The molecule has 2 N–H and O–H groups in total. The van der Waals surface area contributed by atoms with Crippen molar-refractivity contribution in [2.24, 2.45) is 0 Å². The molecule has 0 radical (unpaired) electrons. The van der Waals surface area contributed by atoms with Crippen molar-refractivity contribution in [3.8, 4) is 5.75 Å². The summed E-state index contributed by atoms with van der Waals surface area (Å²) in [6.07, 6.45) is 3.18. The zero-order chi connectivity index (χ0) is 14.5. The fraction of sp³-hybridized carbons (Fsp3) is 0.562. The van der Waals surface area contributed by atoms with E-state index < -0.39 is 0 Å². The molecule has 1 fully saturated rings. The van der Waals surface area contributed by atoms with Crippen molar-refractivity contribution in [2.75, 3.05) is 19.6 Å². The SMILES string of the molecule is CCCNC1CCN(C(=O)c2ccc(O)cc2C)CC1. The van der Waals surface area contributed by atoms with Gasteiger partial charge in [-0.15, -0.1) is 0 Å². The van der Waals surface area contributed by atoms with Crippen LogP contribution in [0.25, 0.3) is 0 Å². The first-order valence-electron chi connectivity index (χ1n) is 7.44. The van der Waals surface area contributed by atoms with Crippen molar-refractivity contribution < 1.29 is 9.90 Å². The first-order valence-corrected chi connectivity index (χ1v) is 7.44. The quantitative estimate of drug-likeness (QED) is 0.887. The number of nitrogens with zero attached hydrogens (tertiary/aromatic N) is 1. The number of carbonyl (C=O) groups is 1. The Kier molecular flexibility index (Phi) is 5.01. The Labute approximate surface area is 120 Å². The van der Waals surface area contributed by atoms with Crippen molar-refractivity contribution in [1.82, 2.24) is 10.2 Å². The molecular weight excluding hydrogens is 252 g/mol. The molecule has 1 aromatic carbocycles. The lowest BCUT2D eigenvalue weighted by Crippen LogP contribution is -2.45. The molecule has 1 aromatic rings. The molecular formula is C16H24N2O2. The minimum atomic E-state index is 0.0800. The van der Waals surface area contributed by atoms with E-state index in [4.69, 9.17) is 0 Å². The molecule has 110 valence electrons. The zero-order valence-corrected chi connectivity index (χ0v) is 12.4. The maximum absolute atomic E-state index is 12.5. The zero-order valence-electron chi connectivity index (χ0n) is 12.4. The van der Waals surface area contributed by atoms with Crippen LogP contribution in [0.2, 0.25) is 0 Å². The summed E-state index contributed by atoms with van der Waals surface area (Å²) in [5.41, 5.74) is 1.53. The van der Waals surface area contributed by atoms with Gasteiger partial charge in [0.05, 0.1) is 0 Å². The van der Waals surface area contributed by atoms with E-state index in [-0.39, 0.29) is 11.7 Å². The third-order valence-electron chi connectivity index (χ3n) is 3.91. The molecule has 1 heterocycles. The summed E-state index contributed by atoms with van der Waals surface area (Å²) < 4.78 is 0. The molecule has 20 heavy (non-hydrogen) atoms. The second-order valence-corrected chi connectivity index (χ2v) is 5.52. The Morgan fingerprint density at radius 3 is 2.70 bits per heavy atom. The number of carbonyl (C=O) groups excluding carboxylic acids is 1. The van der Waals surface area contributed by atoms with Crippen LogP contribution in [0, 0.1) is 6.92 Å². The highest BCUT2D eigenvalue weighted by atomic mass is 16.3. The largest absolute Gasteiger partial charge is 0.508 e. The number of hydrogen-bond donors (Lipinski definition) is 2. The highest BCUT2D eigenvalue weighted by molar-refractivity contribution is 5.95. The van der Waals surface area contributed by atoms with Crippen molar-refractivity contribution in [3.05, 3.63) is 29.3 Å². The number of rotatable bonds is 4. The lowest BCUT2D eigenvalue weighted by molar-refractivity contribution is 0.0704. The Morgan fingerprint density at radius 2 is 2.10 bits per heavy atom. The topological polar surface area (TPSA) is 52.6 Å². The molecule has 1 amide bonds. The standard InChI is InChI=1S/C16H24N2O2/c1-3-8-17-13-6-9-18(10-7-13)16(20)15-5-4-14(19)11-12(15)2/h4-5,11,13,17,19H,3,6-10H2,1-2H3. The number of amides is 1. The number of phenolic OH excluding ortho intramolecular Hbond substituents is 1. The number of piperidine rings is 1. The average molecular weight is 276 g/mol. The first-order chi connectivity index (χ1) is 9.61. The van der Waals surface area contributed by atoms with E-state index in [0.717, 1.165) is 44.5 Å². The number of benzene rings is 1. The highest BCUT2D eigenvalue weighted by Gasteiger charge is 2.24. The Balaban J connectivity index is 1.94. The van der Waals surface area contributed by atoms with Gasteiger partial charge in [-0.1, -0.05) is 6.92 Å². The molecule has 0 unspecified atom stereocenters. The Morgan fingerprint density at radius 1 is 1.40 bits per heavy atom. The van der Waals surface area contributed by atoms with Gasteiger partial charge in [0, 0.05) is 24.7 Å². The molecule has 0 saturated carbocycles. The summed E-state index contributed by atoms with van der Waals surface area (Å²) in [7, 11) is 0. The van der Waals surface area contributed by atoms with Gasteiger partial charge in [-0.05, 0) is 56.5 Å². The molecule has 1 aliphatic rings. The third kappa shape index (κ3) is 3.51. The van der Waals surface area contributed by atoms with Gasteiger partial charge in [0.2, 0.25) is 0 Å². The van der Waals surface area contributed by atoms with Crippen molar-refractivity contribution in [2.45, 2.75) is 39.2 Å².